The molecule has 0 radical (unpaired) electrons. The summed E-state index contributed by atoms with van der Waals surface area (Å²) in [4.78, 5) is 11.3. The summed E-state index contributed by atoms with van der Waals surface area (Å²) in [6.45, 7) is 10.3. The molecule has 0 saturated heterocycles. The van der Waals surface area contributed by atoms with Gasteiger partial charge in [0.1, 0.15) is 5.69 Å². The summed E-state index contributed by atoms with van der Waals surface area (Å²) < 4.78 is 1.85. The number of rotatable bonds is 2. The Morgan fingerprint density at radius 3 is 2.42 bits per heavy atom. The van der Waals surface area contributed by atoms with Gasteiger partial charge >= 0.3 is 0 Å². The maximum Gasteiger partial charge on any atom is 0.153 e. The zero-order valence-corrected chi connectivity index (χ0v) is 12.2. The molecule has 0 unspecified atom stereocenters. The van der Waals surface area contributed by atoms with Gasteiger partial charge in [-0.05, 0) is 40.2 Å². The number of carbonyl (C=O) groups excluding carboxylic acids is 1. The third-order valence-electron chi connectivity index (χ3n) is 3.19. The minimum absolute atomic E-state index is 0.130. The Bertz CT molecular complexity index is 618. The van der Waals surface area contributed by atoms with E-state index in [0.717, 1.165) is 23.1 Å². The van der Waals surface area contributed by atoms with Crippen molar-refractivity contribution in [2.45, 2.75) is 40.2 Å². The quantitative estimate of drug-likeness (QED) is 0.767. The summed E-state index contributed by atoms with van der Waals surface area (Å²) in [7, 11) is 0. The van der Waals surface area contributed by atoms with Gasteiger partial charge in [-0.1, -0.05) is 23.8 Å². The number of benzene rings is 1. The zero-order chi connectivity index (χ0) is 14.2. The van der Waals surface area contributed by atoms with Gasteiger partial charge in [0.15, 0.2) is 6.29 Å². The number of aldehydes is 1. The number of hydrogen-bond acceptors (Lipinski definition) is 2. The predicted octanol–water partition coefficient (Wildman–Crippen LogP) is 3.73. The standard InChI is InChI=1S/C16H20N2O/c1-11-6-7-14(12(2)8-11)15-13(10-19)9-18(17-15)16(3,4)5/h6-10H,1-5H3. The Hall–Kier alpha value is -1.90. The molecule has 0 aliphatic rings. The molecule has 0 aliphatic carbocycles. The van der Waals surface area contributed by atoms with E-state index >= 15 is 0 Å². The van der Waals surface area contributed by atoms with E-state index in [1.807, 2.05) is 29.9 Å². The van der Waals surface area contributed by atoms with Gasteiger partial charge in [0.2, 0.25) is 0 Å². The molecular weight excluding hydrogens is 236 g/mol. The first-order valence-electron chi connectivity index (χ1n) is 6.46. The Morgan fingerprint density at radius 2 is 1.89 bits per heavy atom. The van der Waals surface area contributed by atoms with Gasteiger partial charge < -0.3 is 0 Å². The van der Waals surface area contributed by atoms with Crippen molar-refractivity contribution in [3.63, 3.8) is 0 Å². The van der Waals surface area contributed by atoms with Crippen LogP contribution in [0.4, 0.5) is 0 Å². The topological polar surface area (TPSA) is 34.9 Å². The van der Waals surface area contributed by atoms with Crippen LogP contribution in [0.5, 0.6) is 0 Å². The van der Waals surface area contributed by atoms with Crippen LogP contribution in [-0.2, 0) is 5.54 Å². The van der Waals surface area contributed by atoms with Crippen molar-refractivity contribution in [3.05, 3.63) is 41.1 Å². The zero-order valence-electron chi connectivity index (χ0n) is 12.2. The van der Waals surface area contributed by atoms with E-state index in [4.69, 9.17) is 0 Å². The van der Waals surface area contributed by atoms with E-state index in [0.29, 0.717) is 5.56 Å². The fourth-order valence-corrected chi connectivity index (χ4v) is 2.11. The molecule has 1 aromatic carbocycles. The predicted molar refractivity (Wildman–Crippen MR) is 77.5 cm³/mol. The Labute approximate surface area is 114 Å². The van der Waals surface area contributed by atoms with E-state index in [1.54, 1.807) is 0 Å². The van der Waals surface area contributed by atoms with Crippen LogP contribution < -0.4 is 0 Å². The molecule has 3 heteroatoms. The third kappa shape index (κ3) is 2.60. The lowest BCUT2D eigenvalue weighted by molar-refractivity contribution is 0.112. The highest BCUT2D eigenvalue weighted by atomic mass is 16.1. The first kappa shape index (κ1) is 13.5. The average molecular weight is 256 g/mol. The second-order valence-corrected chi connectivity index (χ2v) is 5.98. The molecule has 0 fully saturated rings. The van der Waals surface area contributed by atoms with Gasteiger partial charge in [-0.25, -0.2) is 0 Å². The first-order chi connectivity index (χ1) is 8.82. The molecule has 0 aliphatic heterocycles. The Morgan fingerprint density at radius 1 is 1.21 bits per heavy atom. The van der Waals surface area contributed by atoms with E-state index in [2.05, 4.69) is 38.9 Å². The maximum atomic E-state index is 11.3. The fourth-order valence-electron chi connectivity index (χ4n) is 2.11. The van der Waals surface area contributed by atoms with Crippen molar-refractivity contribution in [1.82, 2.24) is 9.78 Å². The van der Waals surface area contributed by atoms with Crippen LogP contribution in [0, 0.1) is 13.8 Å². The summed E-state index contributed by atoms with van der Waals surface area (Å²) >= 11 is 0. The number of carbonyl (C=O) groups is 1. The second-order valence-electron chi connectivity index (χ2n) is 5.98. The Balaban J connectivity index is 2.61. The minimum Gasteiger partial charge on any atom is -0.298 e. The lowest BCUT2D eigenvalue weighted by atomic mass is 10.0. The summed E-state index contributed by atoms with van der Waals surface area (Å²) in [6, 6.07) is 6.19. The number of nitrogens with zero attached hydrogens (tertiary/aromatic N) is 2. The van der Waals surface area contributed by atoms with Gasteiger partial charge in [-0.3, -0.25) is 9.48 Å². The van der Waals surface area contributed by atoms with Crippen LogP contribution in [0.3, 0.4) is 0 Å². The SMILES string of the molecule is Cc1ccc(-c2nn(C(C)(C)C)cc2C=O)c(C)c1. The highest BCUT2D eigenvalue weighted by Crippen LogP contribution is 2.27. The molecule has 1 aromatic heterocycles. The van der Waals surface area contributed by atoms with Crippen LogP contribution in [0.25, 0.3) is 11.3 Å². The summed E-state index contributed by atoms with van der Waals surface area (Å²) in [5, 5.41) is 4.60. The highest BCUT2D eigenvalue weighted by Gasteiger charge is 2.19. The van der Waals surface area contributed by atoms with Crippen molar-refractivity contribution >= 4 is 6.29 Å². The molecule has 2 aromatic rings. The van der Waals surface area contributed by atoms with Crippen LogP contribution >= 0.6 is 0 Å². The molecule has 0 amide bonds. The van der Waals surface area contributed by atoms with Crippen molar-refractivity contribution in [2.75, 3.05) is 0 Å². The average Bonchev–Trinajstić information content (AvgIpc) is 2.72. The van der Waals surface area contributed by atoms with Gasteiger partial charge in [0.25, 0.3) is 0 Å². The molecule has 0 atom stereocenters. The van der Waals surface area contributed by atoms with Crippen molar-refractivity contribution in [3.8, 4) is 11.3 Å². The molecule has 100 valence electrons. The van der Waals surface area contributed by atoms with E-state index in [-0.39, 0.29) is 5.54 Å². The number of hydrogen-bond donors (Lipinski definition) is 0. The lowest BCUT2D eigenvalue weighted by Crippen LogP contribution is -2.22. The first-order valence-corrected chi connectivity index (χ1v) is 6.46. The summed E-state index contributed by atoms with van der Waals surface area (Å²) in [5.74, 6) is 0. The van der Waals surface area contributed by atoms with Crippen molar-refractivity contribution in [1.29, 1.82) is 0 Å². The summed E-state index contributed by atoms with van der Waals surface area (Å²) in [6.07, 6.45) is 2.70. The summed E-state index contributed by atoms with van der Waals surface area (Å²) in [5.41, 5.74) is 4.65. The lowest BCUT2D eigenvalue weighted by Gasteiger charge is -2.18. The smallest absolute Gasteiger partial charge is 0.153 e. The molecule has 3 nitrogen and oxygen atoms in total. The third-order valence-corrected chi connectivity index (χ3v) is 3.19. The molecule has 2 rings (SSSR count). The van der Waals surface area contributed by atoms with Crippen molar-refractivity contribution in [2.24, 2.45) is 0 Å². The molecular formula is C16H20N2O. The molecule has 1 heterocycles. The van der Waals surface area contributed by atoms with Crippen LogP contribution in [0.2, 0.25) is 0 Å². The van der Waals surface area contributed by atoms with Crippen LogP contribution in [0.15, 0.2) is 24.4 Å². The van der Waals surface area contributed by atoms with Crippen LogP contribution in [0.1, 0.15) is 42.3 Å². The Kier molecular flexibility index (Phi) is 3.31. The van der Waals surface area contributed by atoms with Crippen LogP contribution in [-0.4, -0.2) is 16.1 Å². The molecule has 0 saturated carbocycles. The maximum absolute atomic E-state index is 11.3. The van der Waals surface area contributed by atoms with E-state index < -0.39 is 0 Å². The molecule has 0 N–H and O–H groups in total. The van der Waals surface area contributed by atoms with Gasteiger partial charge in [-0.15, -0.1) is 0 Å². The monoisotopic (exact) mass is 256 g/mol. The molecule has 0 spiro atoms. The molecule has 19 heavy (non-hydrogen) atoms. The molecule has 0 bridgehead atoms. The normalized spacial score (nSPS) is 11.6. The van der Waals surface area contributed by atoms with Crippen molar-refractivity contribution < 1.29 is 4.79 Å². The highest BCUT2D eigenvalue weighted by molar-refractivity contribution is 5.86. The number of aryl methyl sites for hydroxylation is 2. The van der Waals surface area contributed by atoms with Gasteiger partial charge in [0, 0.05) is 11.8 Å². The van der Waals surface area contributed by atoms with Gasteiger partial charge in [0.05, 0.1) is 11.1 Å². The van der Waals surface area contributed by atoms with Gasteiger partial charge in [-0.2, -0.15) is 5.10 Å². The second kappa shape index (κ2) is 4.65. The van der Waals surface area contributed by atoms with E-state index in [9.17, 15) is 4.79 Å². The fraction of sp³-hybridized carbons (Fsp3) is 0.375. The largest absolute Gasteiger partial charge is 0.298 e. The van der Waals surface area contributed by atoms with E-state index in [1.165, 1.54) is 5.56 Å². The number of aromatic nitrogens is 2. The minimum atomic E-state index is -0.130.